The molecule has 0 saturated carbocycles. The Morgan fingerprint density at radius 2 is 1.98 bits per heavy atom. The molecule has 3 aliphatic rings. The van der Waals surface area contributed by atoms with E-state index in [-0.39, 0.29) is 30.2 Å². The molecule has 1 unspecified atom stereocenters. The number of alkyl carbamates (subject to hydrolysis) is 1. The third kappa shape index (κ3) is 9.08. The third-order valence-electron chi connectivity index (χ3n) is 10.3. The lowest BCUT2D eigenvalue weighted by Gasteiger charge is -2.42. The summed E-state index contributed by atoms with van der Waals surface area (Å²) in [5.74, 6) is -1.52. The van der Waals surface area contributed by atoms with Crippen LogP contribution < -0.4 is 20.3 Å². The number of amides is 3. The number of halogens is 1. The highest BCUT2D eigenvalue weighted by Gasteiger charge is 2.64. The number of aliphatic hydroxyl groups is 1. The minimum absolute atomic E-state index is 0.0465. The summed E-state index contributed by atoms with van der Waals surface area (Å²) >= 11 is 6.75. The van der Waals surface area contributed by atoms with Crippen molar-refractivity contribution in [2.75, 3.05) is 46.8 Å². The number of benzene rings is 1. The highest BCUT2D eigenvalue weighted by molar-refractivity contribution is 6.35. The molecule has 3 N–H and O–H groups in total. The number of nitrogens with one attached hydrogen (secondary N) is 2. The van der Waals surface area contributed by atoms with Crippen molar-refractivity contribution in [1.29, 1.82) is 0 Å². The lowest BCUT2D eigenvalue weighted by molar-refractivity contribution is -0.162. The van der Waals surface area contributed by atoms with Crippen LogP contribution in [0.5, 0.6) is 5.75 Å². The summed E-state index contributed by atoms with van der Waals surface area (Å²) in [5, 5.41) is 17.5. The molecule has 1 aromatic rings. The molecule has 3 heterocycles. The molecule has 3 amide bonds. The van der Waals surface area contributed by atoms with Crippen LogP contribution in [0.1, 0.15) is 58.9 Å². The summed E-state index contributed by atoms with van der Waals surface area (Å²) in [6.45, 7) is 7.66. The molecule has 3 aliphatic heterocycles. The molecule has 8 atom stereocenters. The van der Waals surface area contributed by atoms with E-state index in [1.807, 2.05) is 13.0 Å². The maximum atomic E-state index is 14.1. The minimum Gasteiger partial charge on any atom is -0.495 e. The lowest BCUT2D eigenvalue weighted by atomic mass is 9.83. The average molecular weight is 749 g/mol. The Labute approximate surface area is 310 Å². The van der Waals surface area contributed by atoms with E-state index < -0.39 is 65.7 Å². The largest absolute Gasteiger partial charge is 0.495 e. The third-order valence-corrected chi connectivity index (χ3v) is 10.7. The fraction of sp³-hybridized carbons (Fsp3) is 0.622. The van der Waals surface area contributed by atoms with Crippen LogP contribution in [-0.2, 0) is 39.8 Å². The van der Waals surface area contributed by atoms with E-state index >= 15 is 0 Å². The topological polar surface area (TPSA) is 169 Å². The summed E-state index contributed by atoms with van der Waals surface area (Å²) in [6, 6.07) is 2.63. The molecule has 2 fully saturated rings. The molecule has 0 aromatic heterocycles. The van der Waals surface area contributed by atoms with E-state index in [4.69, 9.17) is 35.3 Å². The molecule has 1 aromatic carbocycles. The number of likely N-dealkylation sites (N-methyl/N-ethyl adjacent to an activating group) is 1. The number of hydrogen-bond donors (Lipinski definition) is 3. The van der Waals surface area contributed by atoms with Gasteiger partial charge in [0.25, 0.3) is 0 Å². The Kier molecular flexibility index (Phi) is 13.4. The second-order valence-corrected chi connectivity index (χ2v) is 14.5. The predicted molar refractivity (Wildman–Crippen MR) is 194 cm³/mol. The van der Waals surface area contributed by atoms with E-state index in [9.17, 15) is 24.3 Å². The number of epoxide rings is 1. The lowest BCUT2D eigenvalue weighted by Crippen LogP contribution is -2.63. The van der Waals surface area contributed by atoms with Crippen LogP contribution in [0, 0.1) is 5.92 Å². The molecular formula is C37H53ClN4O10. The molecule has 4 bridgehead atoms. The monoisotopic (exact) mass is 748 g/mol. The molecule has 15 heteroatoms. The van der Waals surface area contributed by atoms with Gasteiger partial charge in [-0.3, -0.25) is 14.9 Å². The Morgan fingerprint density at radius 3 is 2.63 bits per heavy atom. The van der Waals surface area contributed by atoms with Gasteiger partial charge in [-0.25, -0.2) is 9.59 Å². The number of carbonyl (C=O) groups is 4. The van der Waals surface area contributed by atoms with Gasteiger partial charge >= 0.3 is 12.1 Å². The maximum Gasteiger partial charge on any atom is 0.409 e. The van der Waals surface area contributed by atoms with Crippen molar-refractivity contribution < 1.29 is 48.0 Å². The van der Waals surface area contributed by atoms with Gasteiger partial charge in [0, 0.05) is 40.0 Å². The number of methoxy groups -OCH3 is 2. The number of anilines is 1. The minimum atomic E-state index is -1.82. The zero-order chi connectivity index (χ0) is 38.5. The van der Waals surface area contributed by atoms with Crippen molar-refractivity contribution in [1.82, 2.24) is 15.5 Å². The molecule has 0 spiro atoms. The predicted octanol–water partition coefficient (Wildman–Crippen LogP) is 3.51. The Bertz CT molecular complexity index is 1570. The van der Waals surface area contributed by atoms with Gasteiger partial charge in [0.1, 0.15) is 40.7 Å². The average Bonchev–Trinajstić information content (AvgIpc) is 3.80. The van der Waals surface area contributed by atoms with Gasteiger partial charge in [-0.15, -0.1) is 0 Å². The van der Waals surface area contributed by atoms with Crippen molar-refractivity contribution in [3.05, 3.63) is 46.5 Å². The van der Waals surface area contributed by atoms with Gasteiger partial charge in [-0.1, -0.05) is 42.3 Å². The van der Waals surface area contributed by atoms with Crippen molar-refractivity contribution >= 4 is 41.2 Å². The van der Waals surface area contributed by atoms with Crippen LogP contribution in [-0.4, -0.2) is 118 Å². The zero-order valence-electron chi connectivity index (χ0n) is 31.5. The molecule has 4 rings (SSSR count). The molecule has 0 aliphatic carbocycles. The molecule has 14 nitrogen and oxygen atoms in total. The summed E-state index contributed by atoms with van der Waals surface area (Å²) < 4.78 is 29.2. The van der Waals surface area contributed by atoms with E-state index in [2.05, 4.69) is 10.6 Å². The van der Waals surface area contributed by atoms with Crippen LogP contribution in [0.2, 0.25) is 5.02 Å². The number of rotatable bonds is 9. The first kappa shape index (κ1) is 41.1. The number of hydrogen-bond acceptors (Lipinski definition) is 11. The number of carbonyl (C=O) groups excluding carboxylic acids is 4. The second kappa shape index (κ2) is 17.0. The van der Waals surface area contributed by atoms with Crippen LogP contribution in [0.15, 0.2) is 35.9 Å². The molecule has 52 heavy (non-hydrogen) atoms. The van der Waals surface area contributed by atoms with Gasteiger partial charge in [-0.2, -0.15) is 0 Å². The highest BCUT2D eigenvalue weighted by Crippen LogP contribution is 2.49. The first-order chi connectivity index (χ1) is 24.5. The fourth-order valence-corrected chi connectivity index (χ4v) is 7.12. The number of esters is 1. The molecule has 2 saturated heterocycles. The van der Waals surface area contributed by atoms with E-state index in [0.717, 1.165) is 11.1 Å². The number of fused-ring (bicyclic) bond motifs is 5. The van der Waals surface area contributed by atoms with Crippen LogP contribution in [0.25, 0.3) is 0 Å². The number of ether oxygens (including phenoxy) is 5. The standard InChI is InChI=1S/C37H53ClN4O10/c1-21-12-10-13-28(49-9)37(47)20-27(50-35(46)40-37)22(2)33-36(4,52-33)29(51-34(45)23(3)41(6)30(43)14-11-15-39-5)19-31(44)42(7)25-17-24(16-21)18-26(48-8)32(25)38/h10,12-13,17-18,22-23,27-29,33,39,47H,11,14-16,19-20H2,1-9H3,(H,40,46)/b13-10+,21-12+/t22-,23+,27+,28-,29?,33+,36+,37+/m1/s1. The summed E-state index contributed by atoms with van der Waals surface area (Å²) in [5.41, 5.74) is -0.891. The summed E-state index contributed by atoms with van der Waals surface area (Å²) in [6.07, 6.45) is 1.82. The van der Waals surface area contributed by atoms with Gasteiger partial charge < -0.3 is 43.9 Å². The molecule has 288 valence electrons. The molecular weight excluding hydrogens is 696 g/mol. The molecule has 0 radical (unpaired) electrons. The normalized spacial score (nSPS) is 31.6. The van der Waals surface area contributed by atoms with Gasteiger partial charge in [0.2, 0.25) is 11.8 Å². The van der Waals surface area contributed by atoms with E-state index in [1.165, 1.54) is 31.1 Å². The number of nitrogens with zero attached hydrogens (tertiary/aromatic N) is 2. The van der Waals surface area contributed by atoms with Crippen LogP contribution in [0.3, 0.4) is 0 Å². The van der Waals surface area contributed by atoms with Gasteiger partial charge in [-0.05, 0) is 64.9 Å². The first-order valence-electron chi connectivity index (χ1n) is 17.5. The quantitative estimate of drug-likeness (QED) is 0.192. The van der Waals surface area contributed by atoms with Crippen LogP contribution >= 0.6 is 11.6 Å². The van der Waals surface area contributed by atoms with E-state index in [0.29, 0.717) is 30.8 Å². The maximum absolute atomic E-state index is 14.1. The second-order valence-electron chi connectivity index (χ2n) is 14.1. The van der Waals surface area contributed by atoms with Crippen molar-refractivity contribution in [2.24, 2.45) is 5.92 Å². The fourth-order valence-electron chi connectivity index (χ4n) is 6.81. The van der Waals surface area contributed by atoms with Crippen molar-refractivity contribution in [3.8, 4) is 5.75 Å². The summed E-state index contributed by atoms with van der Waals surface area (Å²) in [7, 11) is 7.83. The smallest absolute Gasteiger partial charge is 0.409 e. The zero-order valence-corrected chi connectivity index (χ0v) is 32.2. The SMILES string of the molecule is CNCCCC(=O)N(C)[C@@H](C)C(=O)OC1CC(=O)N(C)c2cc(cc(OC)c2Cl)C/C(C)=C/C=C/[C@@H](OC)[C@@]2(O)C[C@H](OC(=O)N2)[C@@H](C)[C@@H]2O[C@@]12C. The Morgan fingerprint density at radius 1 is 1.27 bits per heavy atom. The first-order valence-corrected chi connectivity index (χ1v) is 17.9. The van der Waals surface area contributed by atoms with Gasteiger partial charge in [0.15, 0.2) is 5.72 Å². The van der Waals surface area contributed by atoms with E-state index in [1.54, 1.807) is 59.2 Å². The van der Waals surface area contributed by atoms with Gasteiger partial charge in [0.05, 0.1) is 25.3 Å². The summed E-state index contributed by atoms with van der Waals surface area (Å²) in [4.78, 5) is 56.2. The Hall–Kier alpha value is -3.69. The number of allylic oxidation sites excluding steroid dienone is 3. The van der Waals surface area contributed by atoms with Crippen LogP contribution in [0.4, 0.5) is 10.5 Å². The Balaban J connectivity index is 1.74. The van der Waals surface area contributed by atoms with Crippen molar-refractivity contribution in [3.63, 3.8) is 0 Å². The van der Waals surface area contributed by atoms with Crippen molar-refractivity contribution in [2.45, 2.75) is 102 Å². The highest BCUT2D eigenvalue weighted by atomic mass is 35.5.